The van der Waals surface area contributed by atoms with E-state index >= 15 is 0 Å². The van der Waals surface area contributed by atoms with Gasteiger partial charge in [0.1, 0.15) is 5.82 Å². The summed E-state index contributed by atoms with van der Waals surface area (Å²) in [5, 5.41) is 0.752. The highest BCUT2D eigenvalue weighted by molar-refractivity contribution is 6.02. The molecule has 0 aliphatic rings. The molecule has 2 aromatic carbocycles. The van der Waals surface area contributed by atoms with Gasteiger partial charge in [0, 0.05) is 16.6 Å². The van der Waals surface area contributed by atoms with E-state index in [2.05, 4.69) is 4.98 Å². The molecule has 0 radical (unpaired) electrons. The van der Waals surface area contributed by atoms with Crippen molar-refractivity contribution in [1.29, 1.82) is 0 Å². The highest BCUT2D eigenvalue weighted by Gasteiger charge is 2.18. The van der Waals surface area contributed by atoms with E-state index in [-0.39, 0.29) is 11.8 Å². The maximum Gasteiger partial charge on any atom is 0.338 e. The van der Waals surface area contributed by atoms with Crippen LogP contribution in [-0.4, -0.2) is 17.6 Å². The number of benzene rings is 2. The fourth-order valence-corrected chi connectivity index (χ4v) is 3.09. The summed E-state index contributed by atoms with van der Waals surface area (Å²) in [6.45, 7) is 7.80. The minimum atomic E-state index is -0.390. The van der Waals surface area contributed by atoms with Crippen molar-refractivity contribution in [3.05, 3.63) is 64.6 Å². The average molecular weight is 337 g/mol. The van der Waals surface area contributed by atoms with Crippen LogP contribution in [0.15, 0.2) is 36.4 Å². The van der Waals surface area contributed by atoms with E-state index in [1.54, 1.807) is 31.2 Å². The van der Waals surface area contributed by atoms with Gasteiger partial charge in [0.2, 0.25) is 0 Å². The normalized spacial score (nSPS) is 10.9. The molecule has 0 aliphatic heterocycles. The fraction of sp³-hybridized carbons (Fsp3) is 0.238. The summed E-state index contributed by atoms with van der Waals surface area (Å²) < 4.78 is 19.7. The number of halogens is 1. The molecule has 0 saturated heterocycles. The van der Waals surface area contributed by atoms with Crippen molar-refractivity contribution in [2.75, 3.05) is 6.61 Å². The molecular formula is C21H20FNO2. The van der Waals surface area contributed by atoms with Crippen molar-refractivity contribution in [2.45, 2.75) is 27.7 Å². The van der Waals surface area contributed by atoms with Crippen LogP contribution in [0.4, 0.5) is 4.39 Å². The minimum Gasteiger partial charge on any atom is -0.462 e. The van der Waals surface area contributed by atoms with Crippen molar-refractivity contribution in [1.82, 2.24) is 4.98 Å². The first kappa shape index (κ1) is 17.1. The fourth-order valence-electron chi connectivity index (χ4n) is 3.09. The zero-order valence-corrected chi connectivity index (χ0v) is 14.8. The maximum atomic E-state index is 14.6. The van der Waals surface area contributed by atoms with E-state index < -0.39 is 0 Å². The monoisotopic (exact) mass is 337 g/mol. The lowest BCUT2D eigenvalue weighted by molar-refractivity contribution is 0.0526. The predicted octanol–water partition coefficient (Wildman–Crippen LogP) is 5.14. The van der Waals surface area contributed by atoms with E-state index in [1.165, 1.54) is 6.07 Å². The van der Waals surface area contributed by atoms with Crippen molar-refractivity contribution in [2.24, 2.45) is 0 Å². The van der Waals surface area contributed by atoms with Crippen LogP contribution in [0.25, 0.3) is 22.0 Å². The third-order valence-electron chi connectivity index (χ3n) is 4.45. The predicted molar refractivity (Wildman–Crippen MR) is 97.3 cm³/mol. The number of hydrogen-bond donors (Lipinski definition) is 0. The molecule has 0 fully saturated rings. The molecule has 0 spiro atoms. The van der Waals surface area contributed by atoms with Gasteiger partial charge < -0.3 is 4.74 Å². The number of carbonyl (C=O) groups excluding carboxylic acids is 1. The lowest BCUT2D eigenvalue weighted by Crippen LogP contribution is -2.05. The zero-order valence-electron chi connectivity index (χ0n) is 14.8. The molecule has 0 unspecified atom stereocenters. The van der Waals surface area contributed by atoms with E-state index in [9.17, 15) is 9.18 Å². The largest absolute Gasteiger partial charge is 0.462 e. The topological polar surface area (TPSA) is 39.2 Å². The van der Waals surface area contributed by atoms with Gasteiger partial charge in [0.25, 0.3) is 0 Å². The second kappa shape index (κ2) is 6.63. The summed E-state index contributed by atoms with van der Waals surface area (Å²) in [6, 6.07) is 10.3. The summed E-state index contributed by atoms with van der Waals surface area (Å²) in [5.41, 5.74) is 5.09. The van der Waals surface area contributed by atoms with Crippen LogP contribution in [0.5, 0.6) is 0 Å². The van der Waals surface area contributed by atoms with Crippen LogP contribution in [-0.2, 0) is 4.74 Å². The molecular weight excluding hydrogens is 317 g/mol. The lowest BCUT2D eigenvalue weighted by Gasteiger charge is -2.16. The molecule has 3 rings (SSSR count). The Labute approximate surface area is 146 Å². The van der Waals surface area contributed by atoms with Crippen LogP contribution < -0.4 is 0 Å². The zero-order chi connectivity index (χ0) is 18.1. The number of fused-ring (bicyclic) bond motifs is 1. The maximum absolute atomic E-state index is 14.6. The molecule has 0 aliphatic carbocycles. The third kappa shape index (κ3) is 3.00. The summed E-state index contributed by atoms with van der Waals surface area (Å²) in [5.74, 6) is -0.671. The van der Waals surface area contributed by atoms with Gasteiger partial charge in [0.05, 0.1) is 17.7 Å². The van der Waals surface area contributed by atoms with Crippen LogP contribution in [0.3, 0.4) is 0 Å². The lowest BCUT2D eigenvalue weighted by atomic mass is 9.91. The molecule has 3 aromatic rings. The molecule has 0 saturated carbocycles. The number of ether oxygens (including phenoxy) is 1. The standard InChI is InChI=1S/C21H20FNO2/c1-5-25-21(24)15-9-10-18-16(11-15)20(13(3)14(4)23-18)19-12(2)7-6-8-17(19)22/h6-11H,5H2,1-4H3. The summed E-state index contributed by atoms with van der Waals surface area (Å²) in [6.07, 6.45) is 0. The SMILES string of the molecule is CCOC(=O)c1ccc2nc(C)c(C)c(-c3c(C)cccc3F)c2c1. The summed E-state index contributed by atoms with van der Waals surface area (Å²) in [4.78, 5) is 16.7. The van der Waals surface area contributed by atoms with Gasteiger partial charge in [-0.25, -0.2) is 9.18 Å². The van der Waals surface area contributed by atoms with Crippen molar-refractivity contribution >= 4 is 16.9 Å². The minimum absolute atomic E-state index is 0.281. The smallest absolute Gasteiger partial charge is 0.338 e. The molecule has 128 valence electrons. The van der Waals surface area contributed by atoms with Crippen molar-refractivity contribution in [3.63, 3.8) is 0 Å². The van der Waals surface area contributed by atoms with E-state index in [0.717, 1.165) is 33.3 Å². The number of carbonyl (C=O) groups is 1. The Balaban J connectivity index is 2.38. The second-order valence-corrected chi connectivity index (χ2v) is 6.08. The molecule has 0 atom stereocenters. The molecule has 1 heterocycles. The van der Waals surface area contributed by atoms with E-state index in [0.29, 0.717) is 17.7 Å². The van der Waals surface area contributed by atoms with Crippen molar-refractivity contribution in [3.8, 4) is 11.1 Å². The third-order valence-corrected chi connectivity index (χ3v) is 4.45. The van der Waals surface area contributed by atoms with Gasteiger partial charge in [-0.05, 0) is 68.7 Å². The molecule has 3 nitrogen and oxygen atoms in total. The molecule has 0 N–H and O–H groups in total. The van der Waals surface area contributed by atoms with Crippen LogP contribution in [0.1, 0.15) is 34.1 Å². The molecule has 25 heavy (non-hydrogen) atoms. The first-order chi connectivity index (χ1) is 11.9. The average Bonchev–Trinajstić information content (AvgIpc) is 2.57. The number of aryl methyl sites for hydroxylation is 2. The Morgan fingerprint density at radius 2 is 1.88 bits per heavy atom. The Bertz CT molecular complexity index is 959. The van der Waals surface area contributed by atoms with E-state index in [4.69, 9.17) is 4.74 Å². The highest BCUT2D eigenvalue weighted by Crippen LogP contribution is 2.36. The number of esters is 1. The highest BCUT2D eigenvalue weighted by atomic mass is 19.1. The van der Waals surface area contributed by atoms with Gasteiger partial charge >= 0.3 is 5.97 Å². The number of pyridine rings is 1. The van der Waals surface area contributed by atoms with Crippen LogP contribution >= 0.6 is 0 Å². The Morgan fingerprint density at radius 3 is 2.56 bits per heavy atom. The number of rotatable bonds is 3. The molecule has 4 heteroatoms. The van der Waals surface area contributed by atoms with Crippen LogP contribution in [0, 0.1) is 26.6 Å². The quantitative estimate of drug-likeness (QED) is 0.621. The van der Waals surface area contributed by atoms with Gasteiger partial charge in [0.15, 0.2) is 0 Å². The number of nitrogens with zero attached hydrogens (tertiary/aromatic N) is 1. The van der Waals surface area contributed by atoms with Crippen LogP contribution in [0.2, 0.25) is 0 Å². The summed E-state index contributed by atoms with van der Waals surface area (Å²) in [7, 11) is 0. The summed E-state index contributed by atoms with van der Waals surface area (Å²) >= 11 is 0. The van der Waals surface area contributed by atoms with E-state index in [1.807, 2.05) is 26.8 Å². The van der Waals surface area contributed by atoms with Gasteiger partial charge in [-0.3, -0.25) is 4.98 Å². The number of aromatic nitrogens is 1. The molecule has 1 aromatic heterocycles. The first-order valence-electron chi connectivity index (χ1n) is 8.27. The Morgan fingerprint density at radius 1 is 1.12 bits per heavy atom. The van der Waals surface area contributed by atoms with Crippen molar-refractivity contribution < 1.29 is 13.9 Å². The Kier molecular flexibility index (Phi) is 4.53. The second-order valence-electron chi connectivity index (χ2n) is 6.08. The van der Waals surface area contributed by atoms with Gasteiger partial charge in [-0.1, -0.05) is 12.1 Å². The number of hydrogen-bond acceptors (Lipinski definition) is 3. The molecule has 0 amide bonds. The Hall–Kier alpha value is -2.75. The van der Waals surface area contributed by atoms with Gasteiger partial charge in [-0.15, -0.1) is 0 Å². The van der Waals surface area contributed by atoms with Gasteiger partial charge in [-0.2, -0.15) is 0 Å². The first-order valence-corrected chi connectivity index (χ1v) is 8.27. The molecule has 0 bridgehead atoms.